The van der Waals surface area contributed by atoms with Gasteiger partial charge in [-0.1, -0.05) is 71.7 Å². The highest BCUT2D eigenvalue weighted by Gasteiger charge is 2.22. The zero-order valence-corrected chi connectivity index (χ0v) is 28.6. The van der Waals surface area contributed by atoms with Crippen molar-refractivity contribution in [3.8, 4) is 11.3 Å². The number of halogens is 2. The fourth-order valence-electron chi connectivity index (χ4n) is 4.94. The van der Waals surface area contributed by atoms with Crippen molar-refractivity contribution in [1.29, 1.82) is 0 Å². The number of rotatable bonds is 15. The van der Waals surface area contributed by atoms with Gasteiger partial charge >= 0.3 is 18.1 Å². The number of carbonyl (C=O) groups is 4. The minimum atomic E-state index is -0.581. The van der Waals surface area contributed by atoms with Gasteiger partial charge in [-0.2, -0.15) is 0 Å². The highest BCUT2D eigenvalue weighted by atomic mass is 35.5. The number of amides is 4. The summed E-state index contributed by atoms with van der Waals surface area (Å²) in [6, 6.07) is 21.0. The first kappa shape index (κ1) is 36.8. The summed E-state index contributed by atoms with van der Waals surface area (Å²) >= 11 is 12.9. The van der Waals surface area contributed by atoms with Gasteiger partial charge in [0.25, 0.3) is 0 Å². The number of carbonyl (C=O) groups excluding carboxylic acids is 4. The molecule has 0 bridgehead atoms. The van der Waals surface area contributed by atoms with Crippen LogP contribution in [0.5, 0.6) is 0 Å². The Morgan fingerprint density at radius 2 is 1.67 bits per heavy atom. The van der Waals surface area contributed by atoms with Crippen LogP contribution >= 0.6 is 23.2 Å². The zero-order valence-electron chi connectivity index (χ0n) is 27.1. The molecule has 4 aromatic rings. The molecule has 1 atom stereocenters. The monoisotopic (exact) mass is 708 g/mol. The second-order valence-corrected chi connectivity index (χ2v) is 11.7. The number of ether oxygens (including phenoxy) is 2. The summed E-state index contributed by atoms with van der Waals surface area (Å²) in [5, 5.41) is 11.9. The molecule has 4 rings (SSSR count). The van der Waals surface area contributed by atoms with Crippen molar-refractivity contribution in [2.75, 3.05) is 25.6 Å². The summed E-state index contributed by atoms with van der Waals surface area (Å²) in [5.41, 5.74) is 4.35. The van der Waals surface area contributed by atoms with Crippen LogP contribution in [0.1, 0.15) is 48.3 Å². The highest BCUT2D eigenvalue weighted by molar-refractivity contribution is 6.32. The number of aromatic nitrogens is 2. The second kappa shape index (κ2) is 18.5. The van der Waals surface area contributed by atoms with Crippen molar-refractivity contribution in [2.24, 2.45) is 0 Å². The number of methoxy groups -OCH3 is 1. The molecular weight excluding hydrogens is 671 g/mol. The Bertz CT molecular complexity index is 1730. The Kier molecular flexibility index (Phi) is 13.9. The number of nitrogens with zero attached hydrogens (tertiary/aromatic N) is 1. The van der Waals surface area contributed by atoms with Crippen LogP contribution in [0.15, 0.2) is 72.8 Å². The predicted molar refractivity (Wildman–Crippen MR) is 187 cm³/mol. The molecule has 0 saturated heterocycles. The van der Waals surface area contributed by atoms with Gasteiger partial charge in [-0.25, -0.2) is 14.6 Å². The van der Waals surface area contributed by atoms with Crippen molar-refractivity contribution in [2.45, 2.75) is 45.2 Å². The SMILES string of the molecule is CCOC(=O)CCNC(=O)NCc1ccc(Cl)cc1CCC(=O)N[C@@H](Cc1ccccc1)c1nc(-c2ccc(NC(=O)OC)cc2)c(Cl)[nH]1. The van der Waals surface area contributed by atoms with E-state index < -0.39 is 18.2 Å². The molecule has 0 aliphatic rings. The van der Waals surface area contributed by atoms with Gasteiger partial charge in [-0.3, -0.25) is 14.9 Å². The predicted octanol–water partition coefficient (Wildman–Crippen LogP) is 6.35. The molecule has 5 N–H and O–H groups in total. The van der Waals surface area contributed by atoms with Gasteiger partial charge in [-0.15, -0.1) is 0 Å². The minimum Gasteiger partial charge on any atom is -0.466 e. The molecule has 1 aromatic heterocycles. The van der Waals surface area contributed by atoms with Crippen LogP contribution in [0.4, 0.5) is 15.3 Å². The number of urea groups is 1. The number of nitrogens with one attached hydrogen (secondary N) is 5. The van der Waals surface area contributed by atoms with Crippen molar-refractivity contribution in [3.05, 3.63) is 105 Å². The van der Waals surface area contributed by atoms with Crippen molar-refractivity contribution < 1.29 is 28.7 Å². The fraction of sp³-hybridized carbons (Fsp3) is 0.286. The van der Waals surface area contributed by atoms with Crippen LogP contribution in [0.25, 0.3) is 11.3 Å². The van der Waals surface area contributed by atoms with E-state index in [9.17, 15) is 19.2 Å². The molecule has 14 heteroatoms. The number of hydrogen-bond acceptors (Lipinski definition) is 7. The highest BCUT2D eigenvalue weighted by Crippen LogP contribution is 2.30. The van der Waals surface area contributed by atoms with E-state index in [1.807, 2.05) is 30.3 Å². The maximum Gasteiger partial charge on any atom is 0.411 e. The molecule has 258 valence electrons. The minimum absolute atomic E-state index is 0.0721. The summed E-state index contributed by atoms with van der Waals surface area (Å²) < 4.78 is 9.50. The number of H-pyrrole nitrogens is 1. The topological polar surface area (TPSA) is 164 Å². The third kappa shape index (κ3) is 11.5. The number of benzene rings is 3. The van der Waals surface area contributed by atoms with Crippen LogP contribution in [0, 0.1) is 0 Å². The number of hydrogen-bond donors (Lipinski definition) is 5. The largest absolute Gasteiger partial charge is 0.466 e. The van der Waals surface area contributed by atoms with Crippen LogP contribution in [-0.2, 0) is 38.4 Å². The molecule has 0 saturated carbocycles. The maximum absolute atomic E-state index is 13.4. The van der Waals surface area contributed by atoms with Crippen LogP contribution in [0.2, 0.25) is 10.2 Å². The molecule has 4 amide bonds. The lowest BCUT2D eigenvalue weighted by Gasteiger charge is -2.18. The number of aromatic amines is 1. The van der Waals surface area contributed by atoms with Gasteiger partial charge in [0.15, 0.2) is 0 Å². The van der Waals surface area contributed by atoms with Gasteiger partial charge in [0.1, 0.15) is 16.7 Å². The lowest BCUT2D eigenvalue weighted by atomic mass is 10.0. The molecule has 49 heavy (non-hydrogen) atoms. The first-order chi connectivity index (χ1) is 23.6. The van der Waals surface area contributed by atoms with E-state index in [1.165, 1.54) is 7.11 Å². The Morgan fingerprint density at radius 1 is 0.918 bits per heavy atom. The summed E-state index contributed by atoms with van der Waals surface area (Å²) in [7, 11) is 1.29. The van der Waals surface area contributed by atoms with E-state index >= 15 is 0 Å². The molecule has 12 nitrogen and oxygen atoms in total. The van der Waals surface area contributed by atoms with Crippen LogP contribution in [0.3, 0.4) is 0 Å². The number of aryl methyl sites for hydroxylation is 1. The van der Waals surface area contributed by atoms with E-state index in [1.54, 1.807) is 49.4 Å². The molecular formula is C35H38Cl2N6O6. The fourth-order valence-corrected chi connectivity index (χ4v) is 5.38. The zero-order chi connectivity index (χ0) is 35.2. The van der Waals surface area contributed by atoms with E-state index in [4.69, 9.17) is 32.9 Å². The van der Waals surface area contributed by atoms with Gasteiger partial charge < -0.3 is 30.4 Å². The molecule has 0 fully saturated rings. The van der Waals surface area contributed by atoms with E-state index in [0.29, 0.717) is 45.8 Å². The summed E-state index contributed by atoms with van der Waals surface area (Å²) in [6.45, 7) is 2.34. The first-order valence-electron chi connectivity index (χ1n) is 15.6. The smallest absolute Gasteiger partial charge is 0.411 e. The lowest BCUT2D eigenvalue weighted by Crippen LogP contribution is -2.36. The third-order valence-corrected chi connectivity index (χ3v) is 7.87. The summed E-state index contributed by atoms with van der Waals surface area (Å²) in [5.74, 6) is -0.122. The Hall–Kier alpha value is -5.07. The molecule has 0 radical (unpaired) electrons. The van der Waals surface area contributed by atoms with Crippen molar-refractivity contribution >= 4 is 52.9 Å². The quantitative estimate of drug-likeness (QED) is 0.0899. The molecule has 0 spiro atoms. The first-order valence-corrected chi connectivity index (χ1v) is 16.4. The van der Waals surface area contributed by atoms with E-state index in [-0.39, 0.29) is 44.4 Å². The normalized spacial score (nSPS) is 11.3. The number of esters is 1. The second-order valence-electron chi connectivity index (χ2n) is 10.9. The Morgan fingerprint density at radius 3 is 2.39 bits per heavy atom. The lowest BCUT2D eigenvalue weighted by molar-refractivity contribution is -0.142. The van der Waals surface area contributed by atoms with Crippen LogP contribution in [-0.4, -0.2) is 54.2 Å². The number of imidazole rings is 1. The molecule has 0 aliphatic carbocycles. The average molecular weight is 710 g/mol. The van der Waals surface area contributed by atoms with E-state index in [0.717, 1.165) is 16.7 Å². The van der Waals surface area contributed by atoms with Gasteiger partial charge in [0.2, 0.25) is 5.91 Å². The summed E-state index contributed by atoms with van der Waals surface area (Å²) in [4.78, 5) is 56.6. The van der Waals surface area contributed by atoms with Crippen molar-refractivity contribution in [3.63, 3.8) is 0 Å². The average Bonchev–Trinajstić information content (AvgIpc) is 3.48. The Balaban J connectivity index is 1.42. The van der Waals surface area contributed by atoms with Gasteiger partial charge in [0.05, 0.1) is 26.2 Å². The molecule has 0 unspecified atom stereocenters. The summed E-state index contributed by atoms with van der Waals surface area (Å²) in [6.07, 6.45) is 0.447. The van der Waals surface area contributed by atoms with Crippen LogP contribution < -0.4 is 21.3 Å². The van der Waals surface area contributed by atoms with Gasteiger partial charge in [-0.05, 0) is 60.7 Å². The molecule has 1 heterocycles. The van der Waals surface area contributed by atoms with E-state index in [2.05, 4.69) is 31.0 Å². The third-order valence-electron chi connectivity index (χ3n) is 7.37. The Labute approximate surface area is 294 Å². The van der Waals surface area contributed by atoms with Gasteiger partial charge in [0, 0.05) is 35.8 Å². The van der Waals surface area contributed by atoms with Crippen molar-refractivity contribution in [1.82, 2.24) is 25.9 Å². The molecule has 3 aromatic carbocycles. The molecule has 0 aliphatic heterocycles. The standard InChI is InChI=1S/C35H38Cl2N6O6/c1-3-49-30(45)17-18-38-34(46)39-21-25-9-13-26(36)20-24(25)12-16-29(44)41-28(19-22-7-5-4-6-8-22)33-42-31(32(37)43-33)23-10-14-27(15-11-23)40-35(47)48-2/h4-11,13-15,20,28H,3,12,16-19,21H2,1-2H3,(H,40,47)(H,41,44)(H,42,43)(H2,38,39,46)/t28-/m0/s1. The maximum atomic E-state index is 13.4. The number of anilines is 1.